The monoisotopic (exact) mass is 257 g/mol. The Labute approximate surface area is 91.2 Å². The lowest BCUT2D eigenvalue weighted by Gasteiger charge is -2.11. The van der Waals surface area contributed by atoms with Gasteiger partial charge in [-0.15, -0.1) is 0 Å². The molecule has 0 saturated heterocycles. The molecule has 1 heterocycles. The molecule has 0 fully saturated rings. The first-order valence-corrected chi connectivity index (χ1v) is 6.34. The third-order valence-electron chi connectivity index (χ3n) is 2.34. The molecule has 0 radical (unpaired) electrons. The topological polar surface area (TPSA) is 26.0 Å². The maximum absolute atomic E-state index is 6.08. The molecule has 70 valence electrons. The van der Waals surface area contributed by atoms with Crippen LogP contribution in [-0.2, 0) is 5.75 Å². The Balaban J connectivity index is 2.43. The third kappa shape index (κ3) is 2.09. The minimum atomic E-state index is 0.225. The van der Waals surface area contributed by atoms with Crippen molar-refractivity contribution in [3.63, 3.8) is 0 Å². The average molecular weight is 258 g/mol. The van der Waals surface area contributed by atoms with Gasteiger partial charge in [0.25, 0.3) is 0 Å². The number of rotatable bonds is 0. The Morgan fingerprint density at radius 1 is 1.46 bits per heavy atom. The van der Waals surface area contributed by atoms with Gasteiger partial charge in [0, 0.05) is 16.3 Å². The predicted molar refractivity (Wildman–Crippen MR) is 61.8 cm³/mol. The summed E-state index contributed by atoms with van der Waals surface area (Å²) in [4.78, 5) is 0. The van der Waals surface area contributed by atoms with Gasteiger partial charge in [0.1, 0.15) is 0 Å². The molecule has 2 rings (SSSR count). The van der Waals surface area contributed by atoms with Crippen LogP contribution in [0, 0.1) is 0 Å². The summed E-state index contributed by atoms with van der Waals surface area (Å²) >= 11 is 5.45. The van der Waals surface area contributed by atoms with Gasteiger partial charge in [0.2, 0.25) is 0 Å². The second-order valence-corrected chi connectivity index (χ2v) is 5.31. The van der Waals surface area contributed by atoms with Crippen molar-refractivity contribution in [1.29, 1.82) is 0 Å². The number of nitrogens with two attached hydrogens (primary N) is 1. The van der Waals surface area contributed by atoms with E-state index in [2.05, 4.69) is 34.1 Å². The summed E-state index contributed by atoms with van der Waals surface area (Å²) in [6.07, 6.45) is 1.09. The van der Waals surface area contributed by atoms with E-state index in [1.807, 2.05) is 11.8 Å². The first kappa shape index (κ1) is 9.56. The van der Waals surface area contributed by atoms with Crippen LogP contribution in [0.3, 0.4) is 0 Å². The zero-order chi connectivity index (χ0) is 9.26. The van der Waals surface area contributed by atoms with Crippen LogP contribution in [-0.4, -0.2) is 5.75 Å². The van der Waals surface area contributed by atoms with Crippen molar-refractivity contribution in [2.75, 3.05) is 5.75 Å². The van der Waals surface area contributed by atoms with Gasteiger partial charge < -0.3 is 5.73 Å². The molecule has 0 spiro atoms. The van der Waals surface area contributed by atoms with E-state index in [-0.39, 0.29) is 6.04 Å². The van der Waals surface area contributed by atoms with Crippen molar-refractivity contribution in [2.45, 2.75) is 18.2 Å². The lowest BCUT2D eigenvalue weighted by molar-refractivity contribution is 0.705. The minimum absolute atomic E-state index is 0.225. The zero-order valence-corrected chi connectivity index (χ0v) is 9.70. The molecule has 1 aliphatic rings. The molecular formula is C10H12BrNS. The lowest BCUT2D eigenvalue weighted by Crippen LogP contribution is -2.11. The first-order valence-electron chi connectivity index (χ1n) is 4.39. The highest BCUT2D eigenvalue weighted by atomic mass is 79.9. The molecule has 1 aromatic carbocycles. The van der Waals surface area contributed by atoms with Gasteiger partial charge in [-0.25, -0.2) is 0 Å². The Hall–Kier alpha value is 0.01000. The highest BCUT2D eigenvalue weighted by Crippen LogP contribution is 2.30. The van der Waals surface area contributed by atoms with Crippen molar-refractivity contribution in [3.05, 3.63) is 33.8 Å². The number of hydrogen-bond acceptors (Lipinski definition) is 2. The van der Waals surface area contributed by atoms with E-state index in [0.717, 1.165) is 16.6 Å². The summed E-state index contributed by atoms with van der Waals surface area (Å²) in [5.41, 5.74) is 8.80. The smallest absolute Gasteiger partial charge is 0.0306 e. The summed E-state index contributed by atoms with van der Waals surface area (Å²) in [7, 11) is 0. The molecular weight excluding hydrogens is 246 g/mol. The first-order chi connectivity index (χ1) is 6.27. The van der Waals surface area contributed by atoms with Crippen LogP contribution in [0.25, 0.3) is 0 Å². The van der Waals surface area contributed by atoms with Crippen molar-refractivity contribution in [1.82, 2.24) is 0 Å². The zero-order valence-electron chi connectivity index (χ0n) is 7.29. The Kier molecular flexibility index (Phi) is 2.96. The summed E-state index contributed by atoms with van der Waals surface area (Å²) in [5, 5.41) is 0. The number of benzene rings is 1. The molecule has 1 aromatic rings. The van der Waals surface area contributed by atoms with Gasteiger partial charge in [0.15, 0.2) is 0 Å². The molecule has 0 aliphatic carbocycles. The lowest BCUT2D eigenvalue weighted by atomic mass is 10.0. The molecule has 1 atom stereocenters. The molecule has 3 heteroatoms. The maximum atomic E-state index is 6.08. The van der Waals surface area contributed by atoms with Crippen LogP contribution >= 0.6 is 27.7 Å². The average Bonchev–Trinajstić information content (AvgIpc) is 2.29. The predicted octanol–water partition coefficient (Wildman–Crippen LogP) is 3.09. The molecule has 0 amide bonds. The SMILES string of the molecule is NC1CCSCc2ccc(Br)cc21. The van der Waals surface area contributed by atoms with E-state index in [1.54, 1.807) is 0 Å². The van der Waals surface area contributed by atoms with Crippen molar-refractivity contribution in [2.24, 2.45) is 5.73 Å². The summed E-state index contributed by atoms with van der Waals surface area (Å²) in [6.45, 7) is 0. The maximum Gasteiger partial charge on any atom is 0.0306 e. The van der Waals surface area contributed by atoms with Gasteiger partial charge in [-0.2, -0.15) is 11.8 Å². The van der Waals surface area contributed by atoms with Crippen LogP contribution in [0.15, 0.2) is 22.7 Å². The minimum Gasteiger partial charge on any atom is -0.324 e. The molecule has 0 bridgehead atoms. The number of hydrogen-bond donors (Lipinski definition) is 1. The second kappa shape index (κ2) is 4.03. The van der Waals surface area contributed by atoms with E-state index in [0.29, 0.717) is 0 Å². The van der Waals surface area contributed by atoms with E-state index >= 15 is 0 Å². The van der Waals surface area contributed by atoms with Crippen LogP contribution in [0.1, 0.15) is 23.6 Å². The number of halogens is 1. The van der Waals surface area contributed by atoms with E-state index < -0.39 is 0 Å². The third-order valence-corrected chi connectivity index (χ3v) is 3.87. The summed E-state index contributed by atoms with van der Waals surface area (Å²) < 4.78 is 1.13. The van der Waals surface area contributed by atoms with Crippen molar-refractivity contribution >= 4 is 27.7 Å². The molecule has 0 aromatic heterocycles. The van der Waals surface area contributed by atoms with E-state index in [9.17, 15) is 0 Å². The quantitative estimate of drug-likeness (QED) is 0.773. The Bertz CT molecular complexity index is 314. The largest absolute Gasteiger partial charge is 0.324 e. The van der Waals surface area contributed by atoms with Gasteiger partial charge in [-0.1, -0.05) is 22.0 Å². The van der Waals surface area contributed by atoms with Crippen LogP contribution in [0.5, 0.6) is 0 Å². The standard InChI is InChI=1S/C10H12BrNS/c11-8-2-1-7-6-13-4-3-10(12)9(7)5-8/h1-2,5,10H,3-4,6,12H2. The van der Waals surface area contributed by atoms with Crippen LogP contribution in [0.2, 0.25) is 0 Å². The summed E-state index contributed by atoms with van der Waals surface area (Å²) in [5.74, 6) is 2.28. The Morgan fingerprint density at radius 3 is 3.15 bits per heavy atom. The van der Waals surface area contributed by atoms with Crippen LogP contribution < -0.4 is 5.73 Å². The van der Waals surface area contributed by atoms with Crippen molar-refractivity contribution in [3.8, 4) is 0 Å². The fraction of sp³-hybridized carbons (Fsp3) is 0.400. The van der Waals surface area contributed by atoms with E-state index in [4.69, 9.17) is 5.73 Å². The summed E-state index contributed by atoms with van der Waals surface area (Å²) in [6, 6.07) is 6.66. The van der Waals surface area contributed by atoms with Gasteiger partial charge >= 0.3 is 0 Å². The molecule has 2 N–H and O–H groups in total. The molecule has 1 aliphatic heterocycles. The molecule has 1 unspecified atom stereocenters. The molecule has 13 heavy (non-hydrogen) atoms. The normalized spacial score (nSPS) is 22.2. The van der Waals surface area contributed by atoms with Gasteiger partial charge in [0.05, 0.1) is 0 Å². The van der Waals surface area contributed by atoms with E-state index in [1.165, 1.54) is 16.9 Å². The second-order valence-electron chi connectivity index (χ2n) is 3.29. The van der Waals surface area contributed by atoms with Gasteiger partial charge in [-0.3, -0.25) is 0 Å². The van der Waals surface area contributed by atoms with Crippen molar-refractivity contribution < 1.29 is 0 Å². The highest BCUT2D eigenvalue weighted by molar-refractivity contribution is 9.10. The molecule has 0 saturated carbocycles. The number of thioether (sulfide) groups is 1. The van der Waals surface area contributed by atoms with Gasteiger partial charge in [-0.05, 0) is 35.4 Å². The fourth-order valence-electron chi connectivity index (χ4n) is 1.59. The Morgan fingerprint density at radius 2 is 2.31 bits per heavy atom. The fourth-order valence-corrected chi connectivity index (χ4v) is 3.02. The highest BCUT2D eigenvalue weighted by Gasteiger charge is 2.14. The van der Waals surface area contributed by atoms with Crippen LogP contribution in [0.4, 0.5) is 0 Å². The number of fused-ring (bicyclic) bond motifs is 1. The molecule has 1 nitrogen and oxygen atoms in total.